The van der Waals surface area contributed by atoms with Crippen molar-refractivity contribution in [3.05, 3.63) is 68.6 Å². The largest absolute Gasteiger partial charge is 0.302 e. The van der Waals surface area contributed by atoms with Crippen LogP contribution < -0.4 is 5.43 Å². The summed E-state index contributed by atoms with van der Waals surface area (Å²) in [5.74, 6) is 0. The number of nitrogens with zero attached hydrogens (tertiary/aromatic N) is 1. The van der Waals surface area contributed by atoms with E-state index in [2.05, 4.69) is 78.8 Å². The molecule has 4 heteroatoms. The van der Waals surface area contributed by atoms with Gasteiger partial charge in [0.15, 0.2) is 0 Å². The molecule has 0 aliphatic carbocycles. The third-order valence-electron chi connectivity index (χ3n) is 3.20. The summed E-state index contributed by atoms with van der Waals surface area (Å²) in [5, 5.41) is 4.46. The molecular formula is C15H12Br2N2. The van der Waals surface area contributed by atoms with E-state index in [1.807, 2.05) is 12.1 Å². The molecule has 1 N–H and O–H groups in total. The van der Waals surface area contributed by atoms with Crippen LogP contribution in [-0.4, -0.2) is 5.71 Å². The molecule has 1 aliphatic heterocycles. The molecule has 0 aromatic heterocycles. The SMILES string of the molecule is Brc1ccc(C2=NN[C@@H](c3ccc(Br)cc3)C2)cc1. The zero-order valence-corrected chi connectivity index (χ0v) is 13.3. The van der Waals surface area contributed by atoms with Crippen molar-refractivity contribution in [2.45, 2.75) is 12.5 Å². The summed E-state index contributed by atoms with van der Waals surface area (Å²) in [4.78, 5) is 0. The highest BCUT2D eigenvalue weighted by molar-refractivity contribution is 9.10. The summed E-state index contributed by atoms with van der Waals surface area (Å²) in [6.07, 6.45) is 0.920. The predicted octanol–water partition coefficient (Wildman–Crippen LogP) is 4.65. The minimum Gasteiger partial charge on any atom is -0.302 e. The Kier molecular flexibility index (Phi) is 3.71. The second kappa shape index (κ2) is 5.47. The van der Waals surface area contributed by atoms with Gasteiger partial charge < -0.3 is 5.43 Å². The van der Waals surface area contributed by atoms with Gasteiger partial charge in [-0.2, -0.15) is 5.10 Å². The summed E-state index contributed by atoms with van der Waals surface area (Å²) >= 11 is 6.91. The van der Waals surface area contributed by atoms with E-state index < -0.39 is 0 Å². The first-order valence-electron chi connectivity index (χ1n) is 6.06. The molecule has 0 amide bonds. The highest BCUT2D eigenvalue weighted by Gasteiger charge is 2.20. The quantitative estimate of drug-likeness (QED) is 0.806. The third kappa shape index (κ3) is 2.90. The van der Waals surface area contributed by atoms with Crippen LogP contribution in [0.25, 0.3) is 0 Å². The number of nitrogens with one attached hydrogen (secondary N) is 1. The molecule has 0 radical (unpaired) electrons. The number of hydrazone groups is 1. The van der Waals surface area contributed by atoms with Gasteiger partial charge in [0, 0.05) is 15.4 Å². The summed E-state index contributed by atoms with van der Waals surface area (Å²) in [6.45, 7) is 0. The number of rotatable bonds is 2. The van der Waals surface area contributed by atoms with Gasteiger partial charge in [0.2, 0.25) is 0 Å². The van der Waals surface area contributed by atoms with E-state index in [1.165, 1.54) is 11.1 Å². The first-order chi connectivity index (χ1) is 9.22. The Morgan fingerprint density at radius 1 is 0.895 bits per heavy atom. The average molecular weight is 380 g/mol. The average Bonchev–Trinajstić information content (AvgIpc) is 2.90. The maximum absolute atomic E-state index is 4.46. The number of hydrogen-bond donors (Lipinski definition) is 1. The molecule has 2 nitrogen and oxygen atoms in total. The molecular weight excluding hydrogens is 368 g/mol. The first-order valence-corrected chi connectivity index (χ1v) is 7.64. The lowest BCUT2D eigenvalue weighted by molar-refractivity contribution is 0.620. The predicted molar refractivity (Wildman–Crippen MR) is 85.3 cm³/mol. The van der Waals surface area contributed by atoms with Crippen molar-refractivity contribution in [1.82, 2.24) is 5.43 Å². The fraction of sp³-hybridized carbons (Fsp3) is 0.133. The molecule has 3 rings (SSSR count). The topological polar surface area (TPSA) is 24.4 Å². The van der Waals surface area contributed by atoms with Crippen LogP contribution >= 0.6 is 31.9 Å². The van der Waals surface area contributed by atoms with Crippen molar-refractivity contribution in [1.29, 1.82) is 0 Å². The third-order valence-corrected chi connectivity index (χ3v) is 4.26. The Hall–Kier alpha value is -1.13. The molecule has 0 saturated carbocycles. The molecule has 0 fully saturated rings. The van der Waals surface area contributed by atoms with Gasteiger partial charge in [-0.3, -0.25) is 0 Å². The van der Waals surface area contributed by atoms with E-state index in [-0.39, 0.29) is 6.04 Å². The molecule has 2 aromatic carbocycles. The summed E-state index contributed by atoms with van der Waals surface area (Å²) in [6, 6.07) is 16.9. The Balaban J connectivity index is 1.76. The van der Waals surface area contributed by atoms with E-state index in [4.69, 9.17) is 0 Å². The van der Waals surface area contributed by atoms with Crippen molar-refractivity contribution in [3.63, 3.8) is 0 Å². The molecule has 0 unspecified atom stereocenters. The summed E-state index contributed by atoms with van der Waals surface area (Å²) < 4.78 is 2.19. The van der Waals surface area contributed by atoms with Gasteiger partial charge in [-0.25, -0.2) is 0 Å². The Bertz CT molecular complexity index is 603. The molecule has 0 saturated heterocycles. The van der Waals surface area contributed by atoms with Crippen LogP contribution in [0.1, 0.15) is 23.6 Å². The normalized spacial score (nSPS) is 18.0. The van der Waals surface area contributed by atoms with Crippen LogP contribution in [0.5, 0.6) is 0 Å². The van der Waals surface area contributed by atoms with Gasteiger partial charge in [-0.05, 0) is 35.4 Å². The van der Waals surface area contributed by atoms with Crippen molar-refractivity contribution in [2.75, 3.05) is 0 Å². The lowest BCUT2D eigenvalue weighted by atomic mass is 9.99. The zero-order valence-electron chi connectivity index (χ0n) is 10.1. The second-order valence-corrected chi connectivity index (χ2v) is 6.33. The van der Waals surface area contributed by atoms with Gasteiger partial charge in [0.25, 0.3) is 0 Å². The lowest BCUT2D eigenvalue weighted by Crippen LogP contribution is -2.09. The molecule has 0 bridgehead atoms. The van der Waals surface area contributed by atoms with Gasteiger partial charge in [-0.15, -0.1) is 0 Å². The minimum atomic E-state index is 0.270. The maximum atomic E-state index is 4.46. The van der Waals surface area contributed by atoms with Crippen LogP contribution in [0, 0.1) is 0 Å². The van der Waals surface area contributed by atoms with E-state index in [0.29, 0.717) is 0 Å². The molecule has 1 atom stereocenters. The molecule has 1 aliphatic rings. The lowest BCUT2D eigenvalue weighted by Gasteiger charge is -2.10. The van der Waals surface area contributed by atoms with Crippen LogP contribution in [-0.2, 0) is 0 Å². The highest BCUT2D eigenvalue weighted by Crippen LogP contribution is 2.26. The number of halogens is 2. The zero-order chi connectivity index (χ0) is 13.2. The van der Waals surface area contributed by atoms with Crippen molar-refractivity contribution < 1.29 is 0 Å². The van der Waals surface area contributed by atoms with E-state index >= 15 is 0 Å². The van der Waals surface area contributed by atoms with E-state index in [1.54, 1.807) is 0 Å². The molecule has 0 spiro atoms. The minimum absolute atomic E-state index is 0.270. The number of benzene rings is 2. The van der Waals surface area contributed by atoms with E-state index in [9.17, 15) is 0 Å². The summed E-state index contributed by atoms with van der Waals surface area (Å²) in [5.41, 5.74) is 6.77. The Morgan fingerprint density at radius 3 is 2.11 bits per heavy atom. The summed E-state index contributed by atoms with van der Waals surface area (Å²) in [7, 11) is 0. The fourth-order valence-corrected chi connectivity index (χ4v) is 2.68. The Morgan fingerprint density at radius 2 is 1.47 bits per heavy atom. The van der Waals surface area contributed by atoms with Crippen molar-refractivity contribution >= 4 is 37.6 Å². The Labute approximate surface area is 129 Å². The fourth-order valence-electron chi connectivity index (χ4n) is 2.15. The van der Waals surface area contributed by atoms with Gasteiger partial charge in [0.05, 0.1) is 11.8 Å². The van der Waals surface area contributed by atoms with E-state index in [0.717, 1.165) is 21.1 Å². The second-order valence-electron chi connectivity index (χ2n) is 4.50. The van der Waals surface area contributed by atoms with Crippen LogP contribution in [0.15, 0.2) is 62.6 Å². The number of hydrogen-bond acceptors (Lipinski definition) is 2. The smallest absolute Gasteiger partial charge is 0.0745 e. The molecule has 19 heavy (non-hydrogen) atoms. The van der Waals surface area contributed by atoms with Gasteiger partial charge in [-0.1, -0.05) is 56.1 Å². The standard InChI is InChI=1S/C15H12Br2N2/c16-12-5-1-10(2-6-12)14-9-15(19-18-14)11-3-7-13(17)8-4-11/h1-8,14,18H,9H2/t14-/m1/s1. The molecule has 96 valence electrons. The van der Waals surface area contributed by atoms with Crippen LogP contribution in [0.2, 0.25) is 0 Å². The molecule has 2 aromatic rings. The van der Waals surface area contributed by atoms with Crippen LogP contribution in [0.4, 0.5) is 0 Å². The van der Waals surface area contributed by atoms with Gasteiger partial charge in [0.1, 0.15) is 0 Å². The van der Waals surface area contributed by atoms with Crippen molar-refractivity contribution in [2.24, 2.45) is 5.10 Å². The van der Waals surface area contributed by atoms with Gasteiger partial charge >= 0.3 is 0 Å². The monoisotopic (exact) mass is 378 g/mol. The first kappa shape index (κ1) is 12.9. The highest BCUT2D eigenvalue weighted by atomic mass is 79.9. The maximum Gasteiger partial charge on any atom is 0.0745 e. The van der Waals surface area contributed by atoms with Crippen LogP contribution in [0.3, 0.4) is 0 Å². The molecule has 1 heterocycles. The van der Waals surface area contributed by atoms with Crippen molar-refractivity contribution in [3.8, 4) is 0 Å².